The second-order valence-electron chi connectivity index (χ2n) is 4.59. The molecular formula is C13H26N2. The van der Waals surface area contributed by atoms with Crippen LogP contribution in [-0.4, -0.2) is 5.84 Å². The lowest BCUT2D eigenvalue weighted by Gasteiger charge is -2.24. The van der Waals surface area contributed by atoms with Gasteiger partial charge in [0.2, 0.25) is 0 Å². The molecule has 0 aliphatic carbocycles. The van der Waals surface area contributed by atoms with Gasteiger partial charge in [-0.25, -0.2) is 4.99 Å². The first-order valence-corrected chi connectivity index (χ1v) is 6.01. The van der Waals surface area contributed by atoms with Crippen molar-refractivity contribution in [2.24, 2.45) is 16.1 Å². The van der Waals surface area contributed by atoms with Crippen molar-refractivity contribution in [2.75, 3.05) is 0 Å². The molecule has 0 amide bonds. The molecule has 15 heavy (non-hydrogen) atoms. The average Bonchev–Trinajstić information content (AvgIpc) is 2.17. The van der Waals surface area contributed by atoms with E-state index >= 15 is 0 Å². The van der Waals surface area contributed by atoms with Gasteiger partial charge in [0, 0.05) is 17.5 Å². The molecule has 0 saturated carbocycles. The van der Waals surface area contributed by atoms with E-state index in [2.05, 4.69) is 45.7 Å². The zero-order valence-electron chi connectivity index (χ0n) is 10.9. The summed E-state index contributed by atoms with van der Waals surface area (Å²) in [4.78, 5) is 4.55. The predicted octanol–water partition coefficient (Wildman–Crippen LogP) is 3.87. The number of nitrogens with two attached hydrogens (primary N) is 1. The van der Waals surface area contributed by atoms with Crippen LogP contribution in [0.4, 0.5) is 0 Å². The molecule has 0 atom stereocenters. The highest BCUT2D eigenvalue weighted by atomic mass is 14.9. The van der Waals surface area contributed by atoms with E-state index in [1.54, 1.807) is 0 Å². The molecule has 0 aromatic heterocycles. The molecule has 0 aromatic rings. The van der Waals surface area contributed by atoms with E-state index in [1.165, 1.54) is 0 Å². The largest absolute Gasteiger partial charge is 0.387 e. The maximum absolute atomic E-state index is 5.88. The van der Waals surface area contributed by atoms with Gasteiger partial charge in [-0.05, 0) is 19.3 Å². The number of aliphatic imine (C=N–C) groups is 1. The van der Waals surface area contributed by atoms with Crippen molar-refractivity contribution < 1.29 is 0 Å². The third-order valence-corrected chi connectivity index (χ3v) is 2.74. The monoisotopic (exact) mass is 210 g/mol. The molecule has 2 N–H and O–H groups in total. The van der Waals surface area contributed by atoms with Crippen molar-refractivity contribution in [2.45, 2.75) is 60.3 Å². The fraction of sp³-hybridized carbons (Fsp3) is 0.769. The molecule has 0 rings (SSSR count). The molecule has 0 fully saturated rings. The molecule has 2 nitrogen and oxygen atoms in total. The van der Waals surface area contributed by atoms with E-state index in [0.717, 1.165) is 37.2 Å². The number of hydrogen-bond acceptors (Lipinski definition) is 1. The molecule has 0 bridgehead atoms. The summed E-state index contributed by atoms with van der Waals surface area (Å²) >= 11 is 0. The fourth-order valence-electron chi connectivity index (χ4n) is 1.31. The van der Waals surface area contributed by atoms with Crippen LogP contribution in [0.15, 0.2) is 16.8 Å². The lowest BCUT2D eigenvalue weighted by Crippen LogP contribution is -2.17. The van der Waals surface area contributed by atoms with Gasteiger partial charge in [0.05, 0.1) is 5.84 Å². The van der Waals surface area contributed by atoms with Gasteiger partial charge in [-0.2, -0.15) is 0 Å². The first-order valence-electron chi connectivity index (χ1n) is 6.01. The molecule has 0 radical (unpaired) electrons. The number of rotatable bonds is 6. The van der Waals surface area contributed by atoms with E-state index in [1.807, 2.05) is 0 Å². The molecule has 0 heterocycles. The van der Waals surface area contributed by atoms with E-state index < -0.39 is 0 Å². The van der Waals surface area contributed by atoms with Crippen molar-refractivity contribution in [3.63, 3.8) is 0 Å². The third-order valence-electron chi connectivity index (χ3n) is 2.74. The van der Waals surface area contributed by atoms with Crippen LogP contribution in [0.1, 0.15) is 60.3 Å². The van der Waals surface area contributed by atoms with Crippen molar-refractivity contribution in [3.8, 4) is 0 Å². The minimum Gasteiger partial charge on any atom is -0.387 e. The van der Waals surface area contributed by atoms with Gasteiger partial charge >= 0.3 is 0 Å². The summed E-state index contributed by atoms with van der Waals surface area (Å²) in [5, 5.41) is 0. The van der Waals surface area contributed by atoms with E-state index in [-0.39, 0.29) is 5.41 Å². The minimum absolute atomic E-state index is 0.133. The standard InChI is InChI=1S/C13H26N2/c1-6-9-11(13(4,5)8-3)15-12(14)10-7-2/h9H,6-8,10H2,1-5H3,(H2,14,15)/b11-9+. The Morgan fingerprint density at radius 2 is 1.87 bits per heavy atom. The predicted molar refractivity (Wildman–Crippen MR) is 69.0 cm³/mol. The van der Waals surface area contributed by atoms with Crippen LogP contribution in [0, 0.1) is 5.41 Å². The van der Waals surface area contributed by atoms with Crippen LogP contribution >= 0.6 is 0 Å². The zero-order valence-corrected chi connectivity index (χ0v) is 10.9. The second kappa shape index (κ2) is 6.65. The molecule has 0 unspecified atom stereocenters. The van der Waals surface area contributed by atoms with Crippen molar-refractivity contribution in [1.29, 1.82) is 0 Å². The number of allylic oxidation sites excluding steroid dienone is 2. The Morgan fingerprint density at radius 3 is 2.27 bits per heavy atom. The van der Waals surface area contributed by atoms with Gasteiger partial charge in [-0.3, -0.25) is 0 Å². The van der Waals surface area contributed by atoms with Crippen LogP contribution in [0.2, 0.25) is 0 Å². The molecule has 0 spiro atoms. The highest BCUT2D eigenvalue weighted by Crippen LogP contribution is 2.31. The first-order chi connectivity index (χ1) is 6.97. The maximum atomic E-state index is 5.88. The number of amidine groups is 1. The Kier molecular flexibility index (Phi) is 6.30. The topological polar surface area (TPSA) is 38.4 Å². The third kappa shape index (κ3) is 5.01. The van der Waals surface area contributed by atoms with E-state index in [9.17, 15) is 0 Å². The Morgan fingerprint density at radius 1 is 1.27 bits per heavy atom. The SMILES string of the molecule is CC/C=C(/N=C(N)CCC)C(C)(C)CC. The highest BCUT2D eigenvalue weighted by Gasteiger charge is 2.20. The minimum atomic E-state index is 0.133. The lowest BCUT2D eigenvalue weighted by atomic mass is 9.86. The van der Waals surface area contributed by atoms with Gasteiger partial charge in [-0.15, -0.1) is 0 Å². The summed E-state index contributed by atoms with van der Waals surface area (Å²) in [6, 6.07) is 0. The summed E-state index contributed by atoms with van der Waals surface area (Å²) in [6.07, 6.45) is 6.23. The quantitative estimate of drug-likeness (QED) is 0.524. The van der Waals surface area contributed by atoms with Gasteiger partial charge in [0.25, 0.3) is 0 Å². The second-order valence-corrected chi connectivity index (χ2v) is 4.59. The molecule has 2 heteroatoms. The summed E-state index contributed by atoms with van der Waals surface area (Å²) in [5.74, 6) is 0.763. The summed E-state index contributed by atoms with van der Waals surface area (Å²) in [5.41, 5.74) is 7.15. The van der Waals surface area contributed by atoms with Crippen LogP contribution in [-0.2, 0) is 0 Å². The molecule has 0 saturated heterocycles. The van der Waals surface area contributed by atoms with Gasteiger partial charge in [0.1, 0.15) is 0 Å². The molecule has 0 aliphatic rings. The lowest BCUT2D eigenvalue weighted by molar-refractivity contribution is 0.423. The summed E-state index contributed by atoms with van der Waals surface area (Å²) < 4.78 is 0. The van der Waals surface area contributed by atoms with E-state index in [4.69, 9.17) is 5.73 Å². The normalized spacial score (nSPS) is 14.5. The Hall–Kier alpha value is -0.790. The molecule has 0 aromatic carbocycles. The first kappa shape index (κ1) is 14.2. The van der Waals surface area contributed by atoms with Gasteiger partial charge < -0.3 is 5.73 Å². The van der Waals surface area contributed by atoms with Gasteiger partial charge in [-0.1, -0.05) is 40.7 Å². The number of nitrogens with zero attached hydrogens (tertiary/aromatic N) is 1. The van der Waals surface area contributed by atoms with Crippen LogP contribution in [0.25, 0.3) is 0 Å². The average molecular weight is 210 g/mol. The Labute approximate surface area is 94.7 Å². The molecule has 0 aliphatic heterocycles. The Bertz CT molecular complexity index is 237. The molecular weight excluding hydrogens is 184 g/mol. The fourth-order valence-corrected chi connectivity index (χ4v) is 1.31. The number of hydrogen-bond donors (Lipinski definition) is 1. The maximum Gasteiger partial charge on any atom is 0.0992 e. The highest BCUT2D eigenvalue weighted by molar-refractivity contribution is 5.81. The Balaban J connectivity index is 4.85. The zero-order chi connectivity index (χ0) is 11.9. The van der Waals surface area contributed by atoms with Gasteiger partial charge in [0.15, 0.2) is 0 Å². The molecule has 88 valence electrons. The van der Waals surface area contributed by atoms with E-state index in [0.29, 0.717) is 0 Å². The van der Waals surface area contributed by atoms with Crippen molar-refractivity contribution >= 4 is 5.84 Å². The van der Waals surface area contributed by atoms with Crippen LogP contribution in [0.5, 0.6) is 0 Å². The van der Waals surface area contributed by atoms with Crippen LogP contribution < -0.4 is 5.73 Å². The van der Waals surface area contributed by atoms with Crippen molar-refractivity contribution in [1.82, 2.24) is 0 Å². The smallest absolute Gasteiger partial charge is 0.0992 e. The van der Waals surface area contributed by atoms with Crippen LogP contribution in [0.3, 0.4) is 0 Å². The van der Waals surface area contributed by atoms with Crippen molar-refractivity contribution in [3.05, 3.63) is 11.8 Å². The summed E-state index contributed by atoms with van der Waals surface area (Å²) in [7, 11) is 0. The summed E-state index contributed by atoms with van der Waals surface area (Å²) in [6.45, 7) is 10.9.